The highest BCUT2D eigenvalue weighted by Gasteiger charge is 2.20. The lowest BCUT2D eigenvalue weighted by atomic mass is 10.3. The molecule has 0 fully saturated rings. The summed E-state index contributed by atoms with van der Waals surface area (Å²) in [6, 6.07) is 6.25. The molecular formula is C10H6BrCl2NO2S2. The number of anilines is 1. The average Bonchev–Trinajstić information content (AvgIpc) is 2.70. The first kappa shape index (κ1) is 14.1. The van der Waals surface area contributed by atoms with Crippen molar-refractivity contribution in [1.82, 2.24) is 0 Å². The first-order chi connectivity index (χ1) is 8.40. The van der Waals surface area contributed by atoms with Gasteiger partial charge in [0.2, 0.25) is 0 Å². The van der Waals surface area contributed by atoms with Crippen LogP contribution in [0.5, 0.6) is 0 Å². The summed E-state index contributed by atoms with van der Waals surface area (Å²) in [6.07, 6.45) is 0. The second kappa shape index (κ2) is 5.38. The van der Waals surface area contributed by atoms with Crippen molar-refractivity contribution in [3.63, 3.8) is 0 Å². The number of nitrogens with one attached hydrogen (secondary N) is 1. The molecule has 3 nitrogen and oxygen atoms in total. The molecule has 0 aliphatic heterocycles. The zero-order valence-electron chi connectivity index (χ0n) is 8.65. The summed E-state index contributed by atoms with van der Waals surface area (Å²) in [6.45, 7) is 0. The predicted molar refractivity (Wildman–Crippen MR) is 79.3 cm³/mol. The smallest absolute Gasteiger partial charge is 0.272 e. The van der Waals surface area contributed by atoms with Crippen LogP contribution in [0.25, 0.3) is 0 Å². The number of thiophene rings is 1. The van der Waals surface area contributed by atoms with E-state index in [-0.39, 0.29) is 14.9 Å². The van der Waals surface area contributed by atoms with Gasteiger partial charge in [-0.05, 0) is 45.6 Å². The summed E-state index contributed by atoms with van der Waals surface area (Å²) in [4.78, 5) is 0. The topological polar surface area (TPSA) is 46.2 Å². The van der Waals surface area contributed by atoms with Crippen LogP contribution in [0, 0.1) is 0 Å². The molecule has 0 unspecified atom stereocenters. The van der Waals surface area contributed by atoms with E-state index in [0.29, 0.717) is 9.50 Å². The van der Waals surface area contributed by atoms with Gasteiger partial charge >= 0.3 is 0 Å². The summed E-state index contributed by atoms with van der Waals surface area (Å²) in [5.41, 5.74) is 0.254. The highest BCUT2D eigenvalue weighted by atomic mass is 79.9. The van der Waals surface area contributed by atoms with Gasteiger partial charge in [-0.25, -0.2) is 8.42 Å². The minimum absolute atomic E-state index is 0.193. The van der Waals surface area contributed by atoms with Crippen LogP contribution in [0.1, 0.15) is 0 Å². The van der Waals surface area contributed by atoms with E-state index < -0.39 is 10.0 Å². The third kappa shape index (κ3) is 3.00. The number of benzene rings is 1. The van der Waals surface area contributed by atoms with Gasteiger partial charge in [-0.15, -0.1) is 11.3 Å². The van der Waals surface area contributed by atoms with Crippen molar-refractivity contribution >= 4 is 66.2 Å². The van der Waals surface area contributed by atoms with Gasteiger partial charge in [-0.1, -0.05) is 23.2 Å². The zero-order chi connectivity index (χ0) is 13.3. The Morgan fingerprint density at radius 1 is 1.22 bits per heavy atom. The van der Waals surface area contributed by atoms with Crippen LogP contribution >= 0.6 is 50.5 Å². The molecule has 0 aliphatic carbocycles. The van der Waals surface area contributed by atoms with Crippen molar-refractivity contribution in [3.8, 4) is 0 Å². The average molecular weight is 387 g/mol. The van der Waals surface area contributed by atoms with Gasteiger partial charge in [0.05, 0.1) is 10.7 Å². The monoisotopic (exact) mass is 385 g/mol. The number of hydrogen-bond donors (Lipinski definition) is 1. The second-order valence-electron chi connectivity index (χ2n) is 3.29. The molecule has 0 radical (unpaired) electrons. The van der Waals surface area contributed by atoms with Crippen molar-refractivity contribution in [3.05, 3.63) is 44.2 Å². The molecule has 1 aromatic heterocycles. The van der Waals surface area contributed by atoms with E-state index >= 15 is 0 Å². The molecule has 0 spiro atoms. The van der Waals surface area contributed by atoms with Crippen LogP contribution < -0.4 is 4.72 Å². The van der Waals surface area contributed by atoms with E-state index in [1.165, 1.54) is 12.1 Å². The van der Waals surface area contributed by atoms with Gasteiger partial charge in [-0.3, -0.25) is 4.72 Å². The van der Waals surface area contributed by atoms with Crippen molar-refractivity contribution in [2.45, 2.75) is 4.21 Å². The summed E-state index contributed by atoms with van der Waals surface area (Å²) >= 11 is 16.0. The zero-order valence-corrected chi connectivity index (χ0v) is 13.4. The molecule has 8 heteroatoms. The van der Waals surface area contributed by atoms with Gasteiger partial charge < -0.3 is 0 Å². The minimum atomic E-state index is -3.66. The molecule has 2 rings (SSSR count). The highest BCUT2D eigenvalue weighted by Crippen LogP contribution is 2.32. The van der Waals surface area contributed by atoms with Crippen LogP contribution in [0.2, 0.25) is 10.0 Å². The van der Waals surface area contributed by atoms with Crippen molar-refractivity contribution in [2.75, 3.05) is 4.72 Å². The summed E-state index contributed by atoms with van der Waals surface area (Å²) in [5, 5.41) is 2.37. The summed E-state index contributed by atoms with van der Waals surface area (Å²) < 4.78 is 27.3. The molecule has 0 saturated carbocycles. The number of sulfonamides is 1. The molecule has 96 valence electrons. The standard InChI is InChI=1S/C10H6BrCl2NO2S2/c11-7-3-4-17-10(7)18(15,16)14-9-5-6(12)1-2-8(9)13/h1-5,14H. The molecule has 0 amide bonds. The highest BCUT2D eigenvalue weighted by molar-refractivity contribution is 9.10. The first-order valence-corrected chi connectivity index (χ1v) is 8.52. The van der Waals surface area contributed by atoms with Crippen molar-refractivity contribution < 1.29 is 8.42 Å². The normalized spacial score (nSPS) is 11.5. The van der Waals surface area contributed by atoms with Crippen molar-refractivity contribution in [2.24, 2.45) is 0 Å². The molecule has 18 heavy (non-hydrogen) atoms. The van der Waals surface area contributed by atoms with Gasteiger partial charge in [0, 0.05) is 9.50 Å². The Kier molecular flexibility index (Phi) is 4.23. The Labute approximate surface area is 127 Å². The van der Waals surface area contributed by atoms with Gasteiger partial charge in [0.15, 0.2) is 4.21 Å². The molecule has 0 aliphatic rings. The van der Waals surface area contributed by atoms with E-state index in [1.54, 1.807) is 17.5 Å². The van der Waals surface area contributed by atoms with E-state index in [0.717, 1.165) is 11.3 Å². The molecular weight excluding hydrogens is 381 g/mol. The van der Waals surface area contributed by atoms with Crippen LogP contribution in [0.3, 0.4) is 0 Å². The quantitative estimate of drug-likeness (QED) is 0.836. The Hall–Kier alpha value is -0.270. The number of rotatable bonds is 3. The van der Waals surface area contributed by atoms with Gasteiger partial charge in [0.25, 0.3) is 10.0 Å². The molecule has 1 aromatic carbocycles. The number of halogens is 3. The summed E-state index contributed by atoms with van der Waals surface area (Å²) in [5.74, 6) is 0. The van der Waals surface area contributed by atoms with Crippen LogP contribution in [-0.4, -0.2) is 8.42 Å². The van der Waals surface area contributed by atoms with Crippen LogP contribution in [0.15, 0.2) is 38.3 Å². The molecule has 2 aromatic rings. The fourth-order valence-electron chi connectivity index (χ4n) is 1.24. The fraction of sp³-hybridized carbons (Fsp3) is 0. The lowest BCUT2D eigenvalue weighted by Crippen LogP contribution is -2.12. The first-order valence-electron chi connectivity index (χ1n) is 4.61. The Morgan fingerprint density at radius 3 is 2.56 bits per heavy atom. The van der Waals surface area contributed by atoms with Gasteiger partial charge in [-0.2, -0.15) is 0 Å². The molecule has 1 N–H and O–H groups in total. The van der Waals surface area contributed by atoms with Crippen molar-refractivity contribution in [1.29, 1.82) is 0 Å². The minimum Gasteiger partial charge on any atom is -0.277 e. The molecule has 0 atom stereocenters. The fourth-order valence-corrected chi connectivity index (χ4v) is 5.04. The largest absolute Gasteiger partial charge is 0.277 e. The second-order valence-corrected chi connectivity index (χ2v) is 7.78. The van der Waals surface area contributed by atoms with Crippen LogP contribution in [0.4, 0.5) is 5.69 Å². The Morgan fingerprint density at radius 2 is 1.94 bits per heavy atom. The molecule has 1 heterocycles. The maximum atomic E-state index is 12.1. The van der Waals surface area contributed by atoms with Gasteiger partial charge in [0.1, 0.15) is 0 Å². The summed E-state index contributed by atoms with van der Waals surface area (Å²) in [7, 11) is -3.66. The molecule has 0 bridgehead atoms. The van der Waals surface area contributed by atoms with E-state index in [4.69, 9.17) is 23.2 Å². The van der Waals surface area contributed by atoms with Crippen LogP contribution in [-0.2, 0) is 10.0 Å². The third-order valence-corrected chi connectivity index (χ3v) is 6.60. The molecule has 0 saturated heterocycles. The van der Waals surface area contributed by atoms with E-state index in [1.807, 2.05) is 0 Å². The van der Waals surface area contributed by atoms with E-state index in [2.05, 4.69) is 20.7 Å². The number of hydrogen-bond acceptors (Lipinski definition) is 3. The van der Waals surface area contributed by atoms with E-state index in [9.17, 15) is 8.42 Å². The lowest BCUT2D eigenvalue weighted by molar-refractivity contribution is 0.603. The Bertz CT molecular complexity index is 685. The SMILES string of the molecule is O=S(=O)(Nc1cc(Cl)ccc1Cl)c1sccc1Br. The third-order valence-electron chi connectivity index (χ3n) is 2.00. The lowest BCUT2D eigenvalue weighted by Gasteiger charge is -2.08. The maximum Gasteiger partial charge on any atom is 0.272 e. The Balaban J connectivity index is 2.40. The maximum absolute atomic E-state index is 12.1. The predicted octanol–water partition coefficient (Wildman–Crippen LogP) is 4.62.